The lowest BCUT2D eigenvalue weighted by Crippen LogP contribution is -2.22. The topological polar surface area (TPSA) is 57.7 Å². The van der Waals surface area contributed by atoms with Crippen molar-refractivity contribution < 1.29 is 0 Å². The van der Waals surface area contributed by atoms with Gasteiger partial charge in [0.2, 0.25) is 0 Å². The Hall–Kier alpha value is -2.53. The lowest BCUT2D eigenvalue weighted by atomic mass is 10.0. The van der Waals surface area contributed by atoms with Crippen LogP contribution in [0.15, 0.2) is 43.0 Å². The molecule has 0 radical (unpaired) electrons. The molecule has 5 heteroatoms. The Morgan fingerprint density at radius 1 is 1.17 bits per heavy atom. The number of benzene rings is 1. The van der Waals surface area contributed by atoms with Gasteiger partial charge in [-0.3, -0.25) is 10.00 Å². The summed E-state index contributed by atoms with van der Waals surface area (Å²) in [5, 5.41) is 7.41. The van der Waals surface area contributed by atoms with Gasteiger partial charge < -0.3 is 0 Å². The van der Waals surface area contributed by atoms with Crippen LogP contribution < -0.4 is 0 Å². The predicted molar refractivity (Wildman–Crippen MR) is 95.4 cm³/mol. The maximum Gasteiger partial charge on any atom is 0.115 e. The molecule has 3 aromatic rings. The summed E-state index contributed by atoms with van der Waals surface area (Å²) in [5.74, 6) is 0. The average molecular weight is 321 g/mol. The Labute approximate surface area is 142 Å². The molecule has 0 bridgehead atoms. The molecular weight excluding hydrogens is 298 g/mol. The zero-order chi connectivity index (χ0) is 17.1. The van der Waals surface area contributed by atoms with Crippen LogP contribution in [-0.4, -0.2) is 32.1 Å². The highest BCUT2D eigenvalue weighted by molar-refractivity contribution is 5.64. The van der Waals surface area contributed by atoms with Gasteiger partial charge in [0.05, 0.1) is 17.6 Å². The van der Waals surface area contributed by atoms with E-state index in [2.05, 4.69) is 71.1 Å². The van der Waals surface area contributed by atoms with Gasteiger partial charge in [-0.2, -0.15) is 5.10 Å². The van der Waals surface area contributed by atoms with Crippen LogP contribution in [0.25, 0.3) is 11.3 Å². The summed E-state index contributed by atoms with van der Waals surface area (Å²) in [4.78, 5) is 10.6. The molecule has 5 nitrogen and oxygen atoms in total. The van der Waals surface area contributed by atoms with Crippen molar-refractivity contribution in [2.75, 3.05) is 7.05 Å². The van der Waals surface area contributed by atoms with Gasteiger partial charge in [0.15, 0.2) is 0 Å². The molecule has 3 rings (SSSR count). The number of hydrogen-bond acceptors (Lipinski definition) is 4. The van der Waals surface area contributed by atoms with Gasteiger partial charge in [0, 0.05) is 29.9 Å². The smallest absolute Gasteiger partial charge is 0.115 e. The second-order valence-electron chi connectivity index (χ2n) is 6.29. The second-order valence-corrected chi connectivity index (χ2v) is 6.29. The van der Waals surface area contributed by atoms with Crippen LogP contribution in [0.4, 0.5) is 0 Å². The molecule has 0 fully saturated rings. The van der Waals surface area contributed by atoms with E-state index in [1.54, 1.807) is 12.5 Å². The van der Waals surface area contributed by atoms with E-state index in [0.717, 1.165) is 17.9 Å². The molecule has 2 aromatic heterocycles. The van der Waals surface area contributed by atoms with Crippen LogP contribution in [0, 0.1) is 13.8 Å². The number of aryl methyl sites for hydroxylation is 2. The van der Waals surface area contributed by atoms with Crippen molar-refractivity contribution in [3.05, 3.63) is 65.4 Å². The van der Waals surface area contributed by atoms with E-state index in [0.29, 0.717) is 0 Å². The Morgan fingerprint density at radius 3 is 2.71 bits per heavy atom. The first-order valence-electron chi connectivity index (χ1n) is 8.12. The fourth-order valence-electron chi connectivity index (χ4n) is 2.76. The zero-order valence-electron chi connectivity index (χ0n) is 14.6. The Bertz CT molecular complexity index is 810. The molecule has 0 aliphatic heterocycles. The van der Waals surface area contributed by atoms with Gasteiger partial charge in [0.1, 0.15) is 6.33 Å². The first-order valence-corrected chi connectivity index (χ1v) is 8.12. The average Bonchev–Trinajstić information content (AvgIpc) is 3.05. The molecule has 0 amide bonds. The molecule has 0 saturated carbocycles. The molecule has 0 spiro atoms. The number of nitrogens with one attached hydrogen (secondary N) is 1. The largest absolute Gasteiger partial charge is 0.294 e. The third-order valence-corrected chi connectivity index (χ3v) is 4.63. The van der Waals surface area contributed by atoms with Crippen molar-refractivity contribution >= 4 is 0 Å². The summed E-state index contributed by atoms with van der Waals surface area (Å²) >= 11 is 0. The van der Waals surface area contributed by atoms with Crippen molar-refractivity contribution in [1.82, 2.24) is 25.1 Å². The summed E-state index contributed by atoms with van der Waals surface area (Å²) in [7, 11) is 2.10. The number of nitrogens with zero attached hydrogens (tertiary/aromatic N) is 4. The highest BCUT2D eigenvalue weighted by Crippen LogP contribution is 2.26. The molecule has 0 aliphatic rings. The van der Waals surface area contributed by atoms with Crippen LogP contribution >= 0.6 is 0 Å². The molecule has 24 heavy (non-hydrogen) atoms. The van der Waals surface area contributed by atoms with Crippen LogP contribution in [0.3, 0.4) is 0 Å². The van der Waals surface area contributed by atoms with E-state index in [1.807, 2.05) is 12.3 Å². The number of rotatable bonds is 5. The number of hydrogen-bond donors (Lipinski definition) is 1. The highest BCUT2D eigenvalue weighted by Gasteiger charge is 2.16. The molecule has 1 atom stereocenters. The van der Waals surface area contributed by atoms with Crippen molar-refractivity contribution in [1.29, 1.82) is 0 Å². The maximum atomic E-state index is 4.35. The standard InChI is InChI=1S/C19H23N5/c1-13-5-6-16(9-14(13)2)19-17(10-22-23-19)11-24(4)15(3)18-7-8-20-12-21-18/h5-10,12,15H,11H2,1-4H3,(H,22,23). The lowest BCUT2D eigenvalue weighted by Gasteiger charge is -2.24. The summed E-state index contributed by atoms with van der Waals surface area (Å²) in [5.41, 5.74) is 7.05. The van der Waals surface area contributed by atoms with Gasteiger partial charge in [0.25, 0.3) is 0 Å². The molecular formula is C19H23N5. The van der Waals surface area contributed by atoms with Gasteiger partial charge in [-0.1, -0.05) is 12.1 Å². The van der Waals surface area contributed by atoms with Crippen molar-refractivity contribution in [2.24, 2.45) is 0 Å². The Balaban J connectivity index is 1.81. The highest BCUT2D eigenvalue weighted by atomic mass is 15.2. The van der Waals surface area contributed by atoms with Gasteiger partial charge in [-0.05, 0) is 51.1 Å². The SMILES string of the molecule is Cc1ccc(-c2[nH]ncc2CN(C)C(C)c2ccncn2)cc1C. The summed E-state index contributed by atoms with van der Waals surface area (Å²) in [6, 6.07) is 8.67. The minimum Gasteiger partial charge on any atom is -0.294 e. The number of aromatic amines is 1. The van der Waals surface area contributed by atoms with E-state index in [4.69, 9.17) is 0 Å². The summed E-state index contributed by atoms with van der Waals surface area (Å²) in [6.07, 6.45) is 5.29. The molecule has 1 aromatic carbocycles. The lowest BCUT2D eigenvalue weighted by molar-refractivity contribution is 0.249. The first-order chi connectivity index (χ1) is 11.6. The minimum atomic E-state index is 0.204. The van der Waals surface area contributed by atoms with Gasteiger partial charge in [-0.15, -0.1) is 0 Å². The zero-order valence-corrected chi connectivity index (χ0v) is 14.6. The van der Waals surface area contributed by atoms with Gasteiger partial charge >= 0.3 is 0 Å². The summed E-state index contributed by atoms with van der Waals surface area (Å²) in [6.45, 7) is 7.21. The van der Waals surface area contributed by atoms with E-state index in [9.17, 15) is 0 Å². The first kappa shape index (κ1) is 16.3. The maximum absolute atomic E-state index is 4.35. The molecule has 1 N–H and O–H groups in total. The van der Waals surface area contributed by atoms with Crippen LogP contribution in [0.2, 0.25) is 0 Å². The third kappa shape index (κ3) is 3.36. The third-order valence-electron chi connectivity index (χ3n) is 4.63. The Morgan fingerprint density at radius 2 is 2.00 bits per heavy atom. The number of H-pyrrole nitrogens is 1. The van der Waals surface area contributed by atoms with Crippen LogP contribution in [0.5, 0.6) is 0 Å². The van der Waals surface area contributed by atoms with E-state index in [-0.39, 0.29) is 6.04 Å². The Kier molecular flexibility index (Phi) is 4.71. The monoisotopic (exact) mass is 321 g/mol. The van der Waals surface area contributed by atoms with Crippen molar-refractivity contribution in [2.45, 2.75) is 33.4 Å². The van der Waals surface area contributed by atoms with Crippen molar-refractivity contribution in [3.8, 4) is 11.3 Å². The van der Waals surface area contributed by atoms with Crippen LogP contribution in [-0.2, 0) is 6.54 Å². The number of aromatic nitrogens is 4. The fraction of sp³-hybridized carbons (Fsp3) is 0.316. The predicted octanol–water partition coefficient (Wildman–Crippen LogP) is 3.68. The quantitative estimate of drug-likeness (QED) is 0.779. The minimum absolute atomic E-state index is 0.204. The fourth-order valence-corrected chi connectivity index (χ4v) is 2.76. The van der Waals surface area contributed by atoms with Crippen LogP contribution in [0.1, 0.15) is 35.3 Å². The molecule has 2 heterocycles. The second kappa shape index (κ2) is 6.93. The molecule has 0 aliphatic carbocycles. The summed E-state index contributed by atoms with van der Waals surface area (Å²) < 4.78 is 0. The van der Waals surface area contributed by atoms with Crippen molar-refractivity contribution in [3.63, 3.8) is 0 Å². The normalized spacial score (nSPS) is 12.5. The van der Waals surface area contributed by atoms with Gasteiger partial charge in [-0.25, -0.2) is 9.97 Å². The van der Waals surface area contributed by atoms with E-state index >= 15 is 0 Å². The van der Waals surface area contributed by atoms with E-state index < -0.39 is 0 Å². The molecule has 1 unspecified atom stereocenters. The van der Waals surface area contributed by atoms with E-state index in [1.165, 1.54) is 22.3 Å². The molecule has 124 valence electrons. The molecule has 0 saturated heterocycles.